The largest absolute Gasteiger partial charge is 0.479 e. The predicted molar refractivity (Wildman–Crippen MR) is 76.9 cm³/mol. The van der Waals surface area contributed by atoms with Gasteiger partial charge in [0.05, 0.1) is 0 Å². The van der Waals surface area contributed by atoms with E-state index in [0.29, 0.717) is 32.4 Å². The zero-order valence-corrected chi connectivity index (χ0v) is 12.3. The maximum atomic E-state index is 12.3. The van der Waals surface area contributed by atoms with Gasteiger partial charge in [-0.25, -0.2) is 14.6 Å². The van der Waals surface area contributed by atoms with Gasteiger partial charge >= 0.3 is 12.0 Å². The van der Waals surface area contributed by atoms with Crippen molar-refractivity contribution in [2.45, 2.75) is 44.6 Å². The molecule has 1 atom stereocenters. The topological polar surface area (TPSA) is 98.3 Å². The Morgan fingerprint density at radius 1 is 1.57 bits per heavy atom. The SMILES string of the molecule is CCCC1(C(=O)O)CCCN1C(=O)NCCc1ncc[nH]1. The van der Waals surface area contributed by atoms with Crippen LogP contribution in [-0.2, 0) is 11.2 Å². The van der Waals surface area contributed by atoms with Gasteiger partial charge in [0.15, 0.2) is 0 Å². The van der Waals surface area contributed by atoms with Crippen LogP contribution < -0.4 is 5.32 Å². The molecule has 0 spiro atoms. The molecule has 7 heteroatoms. The first kappa shape index (κ1) is 15.3. The molecule has 3 N–H and O–H groups in total. The minimum atomic E-state index is -1.04. The number of rotatable bonds is 6. The second kappa shape index (κ2) is 6.60. The van der Waals surface area contributed by atoms with Crippen LogP contribution >= 0.6 is 0 Å². The van der Waals surface area contributed by atoms with E-state index < -0.39 is 11.5 Å². The lowest BCUT2D eigenvalue weighted by Gasteiger charge is -2.34. The van der Waals surface area contributed by atoms with Crippen LogP contribution in [0.2, 0.25) is 0 Å². The minimum absolute atomic E-state index is 0.296. The van der Waals surface area contributed by atoms with Crippen LogP contribution in [0.3, 0.4) is 0 Å². The van der Waals surface area contributed by atoms with Crippen molar-refractivity contribution >= 4 is 12.0 Å². The summed E-state index contributed by atoms with van der Waals surface area (Å²) >= 11 is 0. The highest BCUT2D eigenvalue weighted by molar-refractivity contribution is 5.87. The molecular weight excluding hydrogens is 272 g/mol. The number of imidazole rings is 1. The number of H-pyrrole nitrogens is 1. The van der Waals surface area contributed by atoms with Gasteiger partial charge < -0.3 is 20.3 Å². The first-order chi connectivity index (χ1) is 10.1. The molecule has 2 rings (SSSR count). The molecular formula is C14H22N4O3. The quantitative estimate of drug-likeness (QED) is 0.738. The van der Waals surface area contributed by atoms with E-state index in [0.717, 1.165) is 18.7 Å². The summed E-state index contributed by atoms with van der Waals surface area (Å²) in [7, 11) is 0. The summed E-state index contributed by atoms with van der Waals surface area (Å²) in [6, 6.07) is -0.296. The van der Waals surface area contributed by atoms with E-state index in [1.54, 1.807) is 12.4 Å². The molecule has 21 heavy (non-hydrogen) atoms. The molecule has 1 unspecified atom stereocenters. The number of hydrogen-bond donors (Lipinski definition) is 3. The first-order valence-electron chi connectivity index (χ1n) is 7.37. The van der Waals surface area contributed by atoms with Crippen molar-refractivity contribution in [3.05, 3.63) is 18.2 Å². The van der Waals surface area contributed by atoms with Crippen LogP contribution in [0.5, 0.6) is 0 Å². The molecule has 2 amide bonds. The van der Waals surface area contributed by atoms with Crippen molar-refractivity contribution in [1.82, 2.24) is 20.2 Å². The fourth-order valence-corrected chi connectivity index (χ4v) is 3.00. The molecule has 1 aromatic heterocycles. The van der Waals surface area contributed by atoms with E-state index in [1.807, 2.05) is 6.92 Å². The Bertz CT molecular complexity index is 488. The maximum Gasteiger partial charge on any atom is 0.329 e. The molecule has 116 valence electrons. The number of hydrogen-bond acceptors (Lipinski definition) is 3. The molecule has 0 aliphatic carbocycles. The second-order valence-corrected chi connectivity index (χ2v) is 5.36. The number of nitrogens with zero attached hydrogens (tertiary/aromatic N) is 2. The van der Waals surface area contributed by atoms with Gasteiger partial charge in [0.1, 0.15) is 11.4 Å². The van der Waals surface area contributed by atoms with Gasteiger partial charge in [-0.1, -0.05) is 13.3 Å². The zero-order valence-electron chi connectivity index (χ0n) is 12.3. The lowest BCUT2D eigenvalue weighted by atomic mass is 9.91. The number of carbonyl (C=O) groups excluding carboxylic acids is 1. The van der Waals surface area contributed by atoms with Crippen molar-refractivity contribution < 1.29 is 14.7 Å². The van der Waals surface area contributed by atoms with Gasteiger partial charge in [-0.05, 0) is 19.3 Å². The van der Waals surface area contributed by atoms with Crippen LogP contribution in [-0.4, -0.2) is 50.6 Å². The summed E-state index contributed by atoms with van der Waals surface area (Å²) in [6.07, 6.45) is 6.49. The molecule has 7 nitrogen and oxygen atoms in total. The Hall–Kier alpha value is -2.05. The number of carbonyl (C=O) groups is 2. The summed E-state index contributed by atoms with van der Waals surface area (Å²) in [5.74, 6) is -0.0992. The number of aromatic amines is 1. The van der Waals surface area contributed by atoms with Crippen molar-refractivity contribution in [3.63, 3.8) is 0 Å². The van der Waals surface area contributed by atoms with Crippen LogP contribution in [0.25, 0.3) is 0 Å². The molecule has 0 aromatic carbocycles. The van der Waals surface area contributed by atoms with E-state index in [9.17, 15) is 14.7 Å². The Morgan fingerprint density at radius 2 is 2.38 bits per heavy atom. The molecule has 0 bridgehead atoms. The highest BCUT2D eigenvalue weighted by Crippen LogP contribution is 2.33. The van der Waals surface area contributed by atoms with Crippen molar-refractivity contribution in [3.8, 4) is 0 Å². The Kier molecular flexibility index (Phi) is 4.82. The minimum Gasteiger partial charge on any atom is -0.479 e. The fraction of sp³-hybridized carbons (Fsp3) is 0.643. The molecule has 1 aliphatic rings. The van der Waals surface area contributed by atoms with Crippen molar-refractivity contribution in [2.24, 2.45) is 0 Å². The molecule has 1 aromatic rings. The zero-order chi connectivity index (χ0) is 15.3. The normalized spacial score (nSPS) is 21.5. The van der Waals surface area contributed by atoms with Gasteiger partial charge in [0.2, 0.25) is 0 Å². The summed E-state index contributed by atoms with van der Waals surface area (Å²) < 4.78 is 0. The number of aliphatic carboxylic acids is 1. The number of aromatic nitrogens is 2. The number of urea groups is 1. The van der Waals surface area contributed by atoms with Gasteiger partial charge in [-0.15, -0.1) is 0 Å². The van der Waals surface area contributed by atoms with E-state index in [4.69, 9.17) is 0 Å². The molecule has 1 saturated heterocycles. The number of likely N-dealkylation sites (tertiary alicyclic amines) is 1. The Labute approximate surface area is 123 Å². The van der Waals surface area contributed by atoms with Crippen LogP contribution in [0, 0.1) is 0 Å². The third-order valence-electron chi connectivity index (χ3n) is 3.99. The number of carboxylic acids is 1. The summed E-state index contributed by atoms with van der Waals surface area (Å²) in [6.45, 7) is 2.87. The highest BCUT2D eigenvalue weighted by atomic mass is 16.4. The number of amides is 2. The summed E-state index contributed by atoms with van der Waals surface area (Å²) in [5.41, 5.74) is -1.04. The smallest absolute Gasteiger partial charge is 0.329 e. The second-order valence-electron chi connectivity index (χ2n) is 5.36. The van der Waals surface area contributed by atoms with Crippen molar-refractivity contribution in [2.75, 3.05) is 13.1 Å². The standard InChI is InChI=1S/C14H22N4O3/c1-2-5-14(12(19)20)6-3-10-18(14)13(21)17-7-4-11-15-8-9-16-11/h8-9H,2-7,10H2,1H3,(H,15,16)(H,17,21)(H,19,20). The van der Waals surface area contributed by atoms with Gasteiger partial charge in [0, 0.05) is 31.9 Å². The van der Waals surface area contributed by atoms with E-state index in [2.05, 4.69) is 15.3 Å². The van der Waals surface area contributed by atoms with Crippen LogP contribution in [0.4, 0.5) is 4.79 Å². The molecule has 0 radical (unpaired) electrons. The summed E-state index contributed by atoms with van der Waals surface area (Å²) in [4.78, 5) is 32.5. The van der Waals surface area contributed by atoms with E-state index in [1.165, 1.54) is 4.90 Å². The van der Waals surface area contributed by atoms with Crippen LogP contribution in [0.15, 0.2) is 12.4 Å². The Morgan fingerprint density at radius 3 is 3.00 bits per heavy atom. The highest BCUT2D eigenvalue weighted by Gasteiger charge is 2.49. The summed E-state index contributed by atoms with van der Waals surface area (Å²) in [5, 5.41) is 12.3. The molecule has 2 heterocycles. The molecule has 1 fully saturated rings. The van der Waals surface area contributed by atoms with Gasteiger partial charge in [0.25, 0.3) is 0 Å². The first-order valence-corrected chi connectivity index (χ1v) is 7.37. The van der Waals surface area contributed by atoms with Crippen molar-refractivity contribution in [1.29, 1.82) is 0 Å². The number of nitrogens with one attached hydrogen (secondary N) is 2. The third-order valence-corrected chi connectivity index (χ3v) is 3.99. The molecule has 0 saturated carbocycles. The lowest BCUT2D eigenvalue weighted by molar-refractivity contribution is -0.148. The monoisotopic (exact) mass is 294 g/mol. The molecule has 1 aliphatic heterocycles. The third kappa shape index (κ3) is 3.17. The average molecular weight is 294 g/mol. The van der Waals surface area contributed by atoms with E-state index in [-0.39, 0.29) is 6.03 Å². The van der Waals surface area contributed by atoms with Gasteiger partial charge in [-0.3, -0.25) is 0 Å². The fourth-order valence-electron chi connectivity index (χ4n) is 3.00. The Balaban J connectivity index is 1.95. The number of carboxylic acid groups (broad SMARTS) is 1. The van der Waals surface area contributed by atoms with Gasteiger partial charge in [-0.2, -0.15) is 0 Å². The van der Waals surface area contributed by atoms with Crippen LogP contribution in [0.1, 0.15) is 38.4 Å². The predicted octanol–water partition coefficient (Wildman–Crippen LogP) is 1.38. The maximum absolute atomic E-state index is 12.3. The lowest BCUT2D eigenvalue weighted by Crippen LogP contribution is -2.56. The average Bonchev–Trinajstić information content (AvgIpc) is 3.08. The van der Waals surface area contributed by atoms with E-state index >= 15 is 0 Å².